The van der Waals surface area contributed by atoms with Crippen molar-refractivity contribution in [3.05, 3.63) is 29.8 Å². The van der Waals surface area contributed by atoms with Gasteiger partial charge in [0.1, 0.15) is 0 Å². The number of carbonyl (C=O) groups is 1. The van der Waals surface area contributed by atoms with Crippen LogP contribution in [0.2, 0.25) is 0 Å². The summed E-state index contributed by atoms with van der Waals surface area (Å²) in [6.45, 7) is 2.26. The molecule has 1 aliphatic carbocycles. The Labute approximate surface area is 136 Å². The lowest BCUT2D eigenvalue weighted by Gasteiger charge is -2.40. The van der Waals surface area contributed by atoms with E-state index in [1.165, 1.54) is 16.9 Å². The molecule has 1 fully saturated rings. The number of halogens is 1. The average molecular weight is 324 g/mol. The van der Waals surface area contributed by atoms with E-state index in [2.05, 4.69) is 24.4 Å². The van der Waals surface area contributed by atoms with Crippen LogP contribution in [0.5, 0.6) is 0 Å². The number of nitrogens with one attached hydrogen (secondary N) is 1. The number of benzene rings is 1. The molecule has 4 heteroatoms. The molecular formula is C17H22ClNOS. The molecule has 1 aromatic rings. The van der Waals surface area contributed by atoms with Crippen LogP contribution in [0.1, 0.15) is 38.2 Å². The highest BCUT2D eigenvalue weighted by Crippen LogP contribution is 2.38. The van der Waals surface area contributed by atoms with Crippen molar-refractivity contribution in [3.8, 4) is 0 Å². The Morgan fingerprint density at radius 1 is 1.48 bits per heavy atom. The maximum absolute atomic E-state index is 12.7. The molecule has 21 heavy (non-hydrogen) atoms. The summed E-state index contributed by atoms with van der Waals surface area (Å²) in [6.07, 6.45) is 5.26. The number of hydrogen-bond donors (Lipinski definition) is 1. The summed E-state index contributed by atoms with van der Waals surface area (Å²) in [5, 5.41) is 3.30. The molecule has 1 heterocycles. The molecule has 1 aromatic carbocycles. The minimum atomic E-state index is -0.189. The number of thioether (sulfide) groups is 1. The van der Waals surface area contributed by atoms with Gasteiger partial charge in [0.05, 0.1) is 10.8 Å². The second-order valence-corrected chi connectivity index (χ2v) is 8.03. The molecule has 1 aliphatic heterocycles. The standard InChI is InChI=1S/C17H22ClNOS/c1-12-5-4-8-17(10-12,11-18)19-16(20)15-9-13-6-2-3-7-14(13)21-15/h2-3,6-7,12,15H,4-5,8-11H2,1H3,(H,19,20). The highest BCUT2D eigenvalue weighted by Gasteiger charge is 2.38. The highest BCUT2D eigenvalue weighted by atomic mass is 35.5. The van der Waals surface area contributed by atoms with Crippen molar-refractivity contribution in [2.24, 2.45) is 5.92 Å². The second kappa shape index (κ2) is 6.21. The molecule has 3 rings (SSSR count). The van der Waals surface area contributed by atoms with E-state index in [0.29, 0.717) is 11.8 Å². The first-order valence-electron chi connectivity index (χ1n) is 7.74. The average Bonchev–Trinajstić information content (AvgIpc) is 2.91. The minimum Gasteiger partial charge on any atom is -0.348 e. The van der Waals surface area contributed by atoms with Crippen LogP contribution in [-0.4, -0.2) is 22.6 Å². The fraction of sp³-hybridized carbons (Fsp3) is 0.588. The monoisotopic (exact) mass is 323 g/mol. The number of rotatable bonds is 3. The molecule has 2 aliphatic rings. The van der Waals surface area contributed by atoms with Gasteiger partial charge in [0.2, 0.25) is 5.91 Å². The quantitative estimate of drug-likeness (QED) is 0.852. The topological polar surface area (TPSA) is 29.1 Å². The maximum atomic E-state index is 12.7. The number of hydrogen-bond acceptors (Lipinski definition) is 2. The van der Waals surface area contributed by atoms with E-state index in [1.807, 2.05) is 12.1 Å². The molecule has 1 N–H and O–H groups in total. The Morgan fingerprint density at radius 2 is 2.29 bits per heavy atom. The molecule has 1 amide bonds. The third kappa shape index (κ3) is 3.24. The molecule has 3 atom stereocenters. The summed E-state index contributed by atoms with van der Waals surface area (Å²) in [6, 6.07) is 8.31. The second-order valence-electron chi connectivity index (χ2n) is 6.52. The van der Waals surface area contributed by atoms with E-state index in [9.17, 15) is 4.79 Å². The summed E-state index contributed by atoms with van der Waals surface area (Å²) in [5.74, 6) is 1.32. The van der Waals surface area contributed by atoms with Crippen LogP contribution in [-0.2, 0) is 11.2 Å². The Kier molecular flexibility index (Phi) is 4.51. The Bertz CT molecular complexity index is 510. The first kappa shape index (κ1) is 15.2. The molecule has 2 nitrogen and oxygen atoms in total. The van der Waals surface area contributed by atoms with Gasteiger partial charge in [-0.1, -0.05) is 38.0 Å². The molecule has 0 radical (unpaired) electrons. The van der Waals surface area contributed by atoms with Gasteiger partial charge in [0.15, 0.2) is 0 Å². The number of fused-ring (bicyclic) bond motifs is 1. The molecule has 114 valence electrons. The highest BCUT2D eigenvalue weighted by molar-refractivity contribution is 8.01. The van der Waals surface area contributed by atoms with E-state index >= 15 is 0 Å². The van der Waals surface area contributed by atoms with Crippen molar-refractivity contribution in [2.75, 3.05) is 5.88 Å². The lowest BCUT2D eigenvalue weighted by atomic mass is 9.77. The molecule has 0 saturated heterocycles. The van der Waals surface area contributed by atoms with Gasteiger partial charge in [0, 0.05) is 10.8 Å². The lowest BCUT2D eigenvalue weighted by molar-refractivity contribution is -0.122. The van der Waals surface area contributed by atoms with Crippen LogP contribution in [0.3, 0.4) is 0 Å². The van der Waals surface area contributed by atoms with Gasteiger partial charge < -0.3 is 5.32 Å². The molecule has 0 bridgehead atoms. The SMILES string of the molecule is CC1CCCC(CCl)(NC(=O)C2Cc3ccccc3S2)C1. The summed E-state index contributed by atoms with van der Waals surface area (Å²) in [4.78, 5) is 13.9. The van der Waals surface area contributed by atoms with Crippen molar-refractivity contribution in [1.29, 1.82) is 0 Å². The van der Waals surface area contributed by atoms with Gasteiger partial charge in [-0.25, -0.2) is 0 Å². The molecule has 1 saturated carbocycles. The maximum Gasteiger partial charge on any atom is 0.234 e. The van der Waals surface area contributed by atoms with Crippen molar-refractivity contribution < 1.29 is 4.79 Å². The lowest BCUT2D eigenvalue weighted by Crippen LogP contribution is -2.54. The minimum absolute atomic E-state index is 0.000255. The predicted octanol–water partition coefficient (Wildman–Crippen LogP) is 4.01. The van der Waals surface area contributed by atoms with Crippen molar-refractivity contribution in [1.82, 2.24) is 5.32 Å². The van der Waals surface area contributed by atoms with Gasteiger partial charge in [-0.15, -0.1) is 23.4 Å². The summed E-state index contributed by atoms with van der Waals surface area (Å²) >= 11 is 7.91. The van der Waals surface area contributed by atoms with Gasteiger partial charge in [-0.2, -0.15) is 0 Å². The van der Waals surface area contributed by atoms with E-state index in [4.69, 9.17) is 11.6 Å². The number of carbonyl (C=O) groups excluding carboxylic acids is 1. The first-order valence-corrected chi connectivity index (χ1v) is 9.16. The zero-order valence-electron chi connectivity index (χ0n) is 12.4. The first-order chi connectivity index (χ1) is 10.1. The van der Waals surface area contributed by atoms with Crippen LogP contribution in [0.25, 0.3) is 0 Å². The normalized spacial score (nSPS) is 31.7. The predicted molar refractivity (Wildman–Crippen MR) is 89.0 cm³/mol. The van der Waals surface area contributed by atoms with Gasteiger partial charge >= 0.3 is 0 Å². The van der Waals surface area contributed by atoms with Gasteiger partial charge in [0.25, 0.3) is 0 Å². The molecular weight excluding hydrogens is 302 g/mol. The zero-order chi connectivity index (χ0) is 14.9. The van der Waals surface area contributed by atoms with Crippen LogP contribution >= 0.6 is 23.4 Å². The summed E-state index contributed by atoms with van der Waals surface area (Å²) in [5.41, 5.74) is 1.10. The van der Waals surface area contributed by atoms with Crippen molar-refractivity contribution >= 4 is 29.3 Å². The Morgan fingerprint density at radius 3 is 3.00 bits per heavy atom. The van der Waals surface area contributed by atoms with Crippen molar-refractivity contribution in [3.63, 3.8) is 0 Å². The zero-order valence-corrected chi connectivity index (χ0v) is 14.0. The van der Waals surface area contributed by atoms with Crippen molar-refractivity contribution in [2.45, 2.75) is 54.7 Å². The Balaban J connectivity index is 1.67. The number of alkyl halides is 1. The van der Waals surface area contributed by atoms with Crippen LogP contribution in [0.15, 0.2) is 29.2 Å². The van der Waals surface area contributed by atoms with Gasteiger partial charge in [-0.05, 0) is 36.8 Å². The van der Waals surface area contributed by atoms with Gasteiger partial charge in [-0.3, -0.25) is 4.79 Å². The number of amides is 1. The van der Waals surface area contributed by atoms with E-state index < -0.39 is 0 Å². The van der Waals surface area contributed by atoms with E-state index in [1.54, 1.807) is 11.8 Å². The van der Waals surface area contributed by atoms with Crippen LogP contribution in [0.4, 0.5) is 0 Å². The molecule has 0 spiro atoms. The third-order valence-corrected chi connectivity index (χ3v) is 6.50. The smallest absolute Gasteiger partial charge is 0.234 e. The molecule has 3 unspecified atom stereocenters. The largest absolute Gasteiger partial charge is 0.348 e. The van der Waals surface area contributed by atoms with E-state index in [0.717, 1.165) is 25.7 Å². The summed E-state index contributed by atoms with van der Waals surface area (Å²) < 4.78 is 0. The fourth-order valence-corrected chi connectivity index (χ4v) is 5.10. The Hall–Kier alpha value is -0.670. The third-order valence-electron chi connectivity index (χ3n) is 4.68. The fourth-order valence-electron chi connectivity index (χ4n) is 3.60. The van der Waals surface area contributed by atoms with Crippen LogP contribution < -0.4 is 5.32 Å². The van der Waals surface area contributed by atoms with Crippen LogP contribution in [0, 0.1) is 5.92 Å². The summed E-state index contributed by atoms with van der Waals surface area (Å²) in [7, 11) is 0. The molecule has 0 aromatic heterocycles. The van der Waals surface area contributed by atoms with E-state index in [-0.39, 0.29) is 16.7 Å².